The molecule has 0 unspecified atom stereocenters. The molecule has 39 heavy (non-hydrogen) atoms. The van der Waals surface area contributed by atoms with Crippen LogP contribution in [-0.2, 0) is 10.2 Å². The SMILES string of the molecule is Cc1nc2c(N3CCOCC3)cc(-c3cc(NC(=O)c4cc(C56CC(C5)C6)ncc4F)c(F)cc3C)cn2n1. The molecule has 1 N–H and O–H groups in total. The molecule has 1 amide bonds. The average molecular weight is 531 g/mol. The van der Waals surface area contributed by atoms with E-state index in [1.165, 1.54) is 12.1 Å². The second-order valence-corrected chi connectivity index (χ2v) is 11.0. The van der Waals surface area contributed by atoms with Gasteiger partial charge in [0.15, 0.2) is 11.5 Å². The Bertz CT molecular complexity index is 1630. The van der Waals surface area contributed by atoms with Crippen LogP contribution in [0.4, 0.5) is 20.2 Å². The standard InChI is InChI=1S/C29H28F2N6O2/c1-16-7-22(30)24(34-28(38)21-10-26(32-14-23(21)31)29-11-18(12-29)13-29)9-20(16)19-8-25(36-3-5-39-6-4-36)27-33-17(2)35-37(27)15-19/h7-10,14-15,18H,3-6,11-13H2,1-2H3,(H,34,38). The monoisotopic (exact) mass is 530 g/mol. The maximum Gasteiger partial charge on any atom is 0.258 e. The molecule has 4 fully saturated rings. The Morgan fingerprint density at radius 3 is 2.56 bits per heavy atom. The highest BCUT2D eigenvalue weighted by Crippen LogP contribution is 2.64. The van der Waals surface area contributed by atoms with Gasteiger partial charge in [-0.15, -0.1) is 0 Å². The lowest BCUT2D eigenvalue weighted by Gasteiger charge is -2.61. The topological polar surface area (TPSA) is 84.6 Å². The largest absolute Gasteiger partial charge is 0.378 e. The lowest BCUT2D eigenvalue weighted by Crippen LogP contribution is -2.55. The first-order chi connectivity index (χ1) is 18.8. The number of carbonyl (C=O) groups excluding carboxylic acids is 1. The molecule has 4 aliphatic rings. The fraction of sp³-hybridized carbons (Fsp3) is 0.379. The molecule has 0 atom stereocenters. The smallest absolute Gasteiger partial charge is 0.258 e. The van der Waals surface area contributed by atoms with Crippen LogP contribution >= 0.6 is 0 Å². The molecular weight excluding hydrogens is 502 g/mol. The number of benzene rings is 1. The van der Waals surface area contributed by atoms with E-state index >= 15 is 4.39 Å². The zero-order valence-corrected chi connectivity index (χ0v) is 21.8. The van der Waals surface area contributed by atoms with Crippen molar-refractivity contribution in [1.29, 1.82) is 0 Å². The maximum atomic E-state index is 15.1. The Hall–Kier alpha value is -3.92. The number of pyridine rings is 2. The van der Waals surface area contributed by atoms with Gasteiger partial charge in [-0.2, -0.15) is 5.10 Å². The number of amides is 1. The summed E-state index contributed by atoms with van der Waals surface area (Å²) >= 11 is 0. The highest BCUT2D eigenvalue weighted by atomic mass is 19.1. The van der Waals surface area contributed by atoms with Crippen LogP contribution in [0.25, 0.3) is 16.8 Å². The van der Waals surface area contributed by atoms with E-state index in [1.807, 2.05) is 26.1 Å². The minimum atomic E-state index is -0.724. The van der Waals surface area contributed by atoms with Gasteiger partial charge in [-0.3, -0.25) is 9.78 Å². The molecule has 4 heterocycles. The first kappa shape index (κ1) is 24.1. The van der Waals surface area contributed by atoms with E-state index in [1.54, 1.807) is 10.6 Å². The molecule has 1 aromatic carbocycles. The third-order valence-corrected chi connectivity index (χ3v) is 8.43. The second kappa shape index (κ2) is 8.81. The normalized spacial score (nSPS) is 21.9. The Morgan fingerprint density at radius 2 is 1.85 bits per heavy atom. The van der Waals surface area contributed by atoms with Gasteiger partial charge in [0.05, 0.1) is 36.3 Å². The van der Waals surface area contributed by atoms with Crippen LogP contribution in [0, 0.1) is 31.4 Å². The van der Waals surface area contributed by atoms with Crippen molar-refractivity contribution in [2.24, 2.45) is 5.92 Å². The van der Waals surface area contributed by atoms with Gasteiger partial charge in [-0.05, 0) is 74.4 Å². The highest BCUT2D eigenvalue weighted by Gasteiger charge is 2.58. The van der Waals surface area contributed by atoms with Crippen molar-refractivity contribution < 1.29 is 18.3 Å². The number of morpholine rings is 1. The van der Waals surface area contributed by atoms with Crippen LogP contribution in [0.5, 0.6) is 0 Å². The van der Waals surface area contributed by atoms with Gasteiger partial charge in [0.1, 0.15) is 11.6 Å². The van der Waals surface area contributed by atoms with Crippen molar-refractivity contribution >= 4 is 22.9 Å². The number of rotatable bonds is 5. The molecule has 0 spiro atoms. The number of nitrogens with one attached hydrogen (secondary N) is 1. The summed E-state index contributed by atoms with van der Waals surface area (Å²) in [6.07, 6.45) is 6.05. The van der Waals surface area contributed by atoms with E-state index in [0.717, 1.165) is 72.6 Å². The van der Waals surface area contributed by atoms with Crippen molar-refractivity contribution in [3.63, 3.8) is 0 Å². The number of hydrogen-bond donors (Lipinski definition) is 1. The average Bonchev–Trinajstić information content (AvgIpc) is 3.24. The predicted molar refractivity (Wildman–Crippen MR) is 142 cm³/mol. The quantitative estimate of drug-likeness (QED) is 0.398. The summed E-state index contributed by atoms with van der Waals surface area (Å²) in [6.45, 7) is 6.32. The molecule has 3 aliphatic carbocycles. The summed E-state index contributed by atoms with van der Waals surface area (Å²) in [6, 6.07) is 6.52. The van der Waals surface area contributed by atoms with Crippen LogP contribution in [-0.4, -0.2) is 51.8 Å². The van der Waals surface area contributed by atoms with Crippen molar-refractivity contribution in [3.8, 4) is 11.1 Å². The lowest BCUT2D eigenvalue weighted by atomic mass is 9.43. The Morgan fingerprint density at radius 1 is 1.08 bits per heavy atom. The summed E-state index contributed by atoms with van der Waals surface area (Å²) in [5.74, 6) is -0.656. The van der Waals surface area contributed by atoms with E-state index in [0.29, 0.717) is 24.6 Å². The molecule has 2 bridgehead atoms. The summed E-state index contributed by atoms with van der Waals surface area (Å²) in [5.41, 5.74) is 4.43. The third kappa shape index (κ3) is 3.96. The van der Waals surface area contributed by atoms with Crippen molar-refractivity contribution in [2.75, 3.05) is 36.5 Å². The van der Waals surface area contributed by atoms with Crippen molar-refractivity contribution in [2.45, 2.75) is 38.5 Å². The van der Waals surface area contributed by atoms with E-state index in [4.69, 9.17) is 4.74 Å². The molecule has 10 heteroatoms. The number of nitrogens with zero attached hydrogens (tertiary/aromatic N) is 5. The number of fused-ring (bicyclic) bond motifs is 1. The second-order valence-electron chi connectivity index (χ2n) is 11.0. The summed E-state index contributed by atoms with van der Waals surface area (Å²) in [5, 5.41) is 7.13. The highest BCUT2D eigenvalue weighted by molar-refractivity contribution is 6.05. The fourth-order valence-electron chi connectivity index (χ4n) is 6.22. The van der Waals surface area contributed by atoms with Gasteiger partial charge in [0.25, 0.3) is 5.91 Å². The number of hydrogen-bond acceptors (Lipinski definition) is 6. The fourth-order valence-corrected chi connectivity index (χ4v) is 6.22. The molecule has 3 saturated carbocycles. The zero-order valence-electron chi connectivity index (χ0n) is 21.8. The van der Waals surface area contributed by atoms with Crippen LogP contribution < -0.4 is 10.2 Å². The van der Waals surface area contributed by atoms with Crippen LogP contribution in [0.2, 0.25) is 0 Å². The minimum absolute atomic E-state index is 0.0216. The molecule has 200 valence electrons. The molecule has 8 rings (SSSR count). The summed E-state index contributed by atoms with van der Waals surface area (Å²) < 4.78 is 37.1. The van der Waals surface area contributed by atoms with Crippen molar-refractivity contribution in [1.82, 2.24) is 19.6 Å². The van der Waals surface area contributed by atoms with E-state index in [-0.39, 0.29) is 16.7 Å². The zero-order chi connectivity index (χ0) is 26.9. The maximum absolute atomic E-state index is 15.1. The van der Waals surface area contributed by atoms with Gasteiger partial charge in [0.2, 0.25) is 0 Å². The van der Waals surface area contributed by atoms with Gasteiger partial charge < -0.3 is 15.0 Å². The van der Waals surface area contributed by atoms with E-state index in [2.05, 4.69) is 25.3 Å². The molecule has 4 aromatic rings. The van der Waals surface area contributed by atoms with Crippen LogP contribution in [0.1, 0.15) is 46.7 Å². The molecule has 1 aliphatic heterocycles. The Balaban J connectivity index is 1.25. The lowest BCUT2D eigenvalue weighted by molar-refractivity contribution is -0.0309. The summed E-state index contributed by atoms with van der Waals surface area (Å²) in [4.78, 5) is 24.2. The van der Waals surface area contributed by atoms with Crippen LogP contribution in [0.15, 0.2) is 36.7 Å². The number of ether oxygens (including phenoxy) is 1. The molecular formula is C29H28F2N6O2. The molecule has 1 saturated heterocycles. The van der Waals surface area contributed by atoms with E-state index in [9.17, 15) is 9.18 Å². The van der Waals surface area contributed by atoms with Gasteiger partial charge >= 0.3 is 0 Å². The number of aryl methyl sites for hydroxylation is 2. The number of aromatic nitrogens is 4. The number of halogens is 2. The first-order valence-corrected chi connectivity index (χ1v) is 13.3. The molecule has 8 nitrogen and oxygen atoms in total. The summed E-state index contributed by atoms with van der Waals surface area (Å²) in [7, 11) is 0. The van der Waals surface area contributed by atoms with Gasteiger partial charge in [-0.25, -0.2) is 18.3 Å². The predicted octanol–water partition coefficient (Wildman–Crippen LogP) is 4.83. The first-order valence-electron chi connectivity index (χ1n) is 13.3. The Labute approximate surface area is 224 Å². The van der Waals surface area contributed by atoms with E-state index < -0.39 is 17.5 Å². The van der Waals surface area contributed by atoms with Crippen molar-refractivity contribution in [3.05, 3.63) is 70.9 Å². The minimum Gasteiger partial charge on any atom is -0.378 e. The van der Waals surface area contributed by atoms with Gasteiger partial charge in [-0.1, -0.05) is 0 Å². The van der Waals surface area contributed by atoms with Crippen LogP contribution in [0.3, 0.4) is 0 Å². The van der Waals surface area contributed by atoms with Gasteiger partial charge in [0, 0.05) is 36.0 Å². The third-order valence-electron chi connectivity index (χ3n) is 8.43. The molecule has 0 radical (unpaired) electrons. The molecule has 3 aromatic heterocycles. The Kier molecular flexibility index (Phi) is 5.45. The number of carbonyl (C=O) groups is 1. The number of anilines is 2.